The lowest BCUT2D eigenvalue weighted by molar-refractivity contribution is -0.134. The minimum absolute atomic E-state index is 0.374. The van der Waals surface area contributed by atoms with E-state index < -0.39 is 24.3 Å². The van der Waals surface area contributed by atoms with Crippen LogP contribution in [0.2, 0.25) is 0 Å². The van der Waals surface area contributed by atoms with Crippen LogP contribution in [0.15, 0.2) is 54.6 Å². The van der Waals surface area contributed by atoms with Crippen molar-refractivity contribution < 1.29 is 34.4 Å². The van der Waals surface area contributed by atoms with E-state index in [2.05, 4.69) is 17.2 Å². The van der Waals surface area contributed by atoms with Crippen molar-refractivity contribution in [1.29, 1.82) is 0 Å². The fraction of sp³-hybridized carbons (Fsp3) is 0.348. The third-order valence-corrected chi connectivity index (χ3v) is 4.39. The Balaban J connectivity index is 0.000000390. The van der Waals surface area contributed by atoms with E-state index in [1.165, 1.54) is 0 Å². The molecule has 0 saturated carbocycles. The summed E-state index contributed by atoms with van der Waals surface area (Å²) in [6, 6.07) is 13.5. The number of nitrogens with one attached hydrogen (secondary N) is 1. The SMILES string of the molecule is CCCCNCC(O)c1ccc2c(n1)COC(c1ccccc1)O2.O=C(O)C=CC(=O)O. The molecule has 0 aliphatic carbocycles. The Bertz CT molecular complexity index is 886. The van der Waals surface area contributed by atoms with Gasteiger partial charge in [0, 0.05) is 24.3 Å². The highest BCUT2D eigenvalue weighted by atomic mass is 16.7. The number of pyridine rings is 1. The summed E-state index contributed by atoms with van der Waals surface area (Å²) >= 11 is 0. The first-order valence-electron chi connectivity index (χ1n) is 10.3. The van der Waals surface area contributed by atoms with E-state index >= 15 is 0 Å². The van der Waals surface area contributed by atoms with Crippen LogP contribution in [0.4, 0.5) is 0 Å². The van der Waals surface area contributed by atoms with E-state index in [4.69, 9.17) is 19.7 Å². The summed E-state index contributed by atoms with van der Waals surface area (Å²) in [6.45, 7) is 3.92. The molecule has 1 aromatic heterocycles. The third kappa shape index (κ3) is 8.46. The zero-order chi connectivity index (χ0) is 23.3. The second kappa shape index (κ2) is 13.2. The van der Waals surface area contributed by atoms with Crippen LogP contribution >= 0.6 is 0 Å². The summed E-state index contributed by atoms with van der Waals surface area (Å²) in [5, 5.41) is 29.1. The van der Waals surface area contributed by atoms with E-state index in [9.17, 15) is 14.7 Å². The highest BCUT2D eigenvalue weighted by Gasteiger charge is 2.23. The number of aromatic nitrogens is 1. The predicted molar refractivity (Wildman–Crippen MR) is 116 cm³/mol. The zero-order valence-corrected chi connectivity index (χ0v) is 17.8. The molecular formula is C23H28N2O7. The summed E-state index contributed by atoms with van der Waals surface area (Å²) in [7, 11) is 0. The molecule has 1 aliphatic heterocycles. The lowest BCUT2D eigenvalue weighted by atomic mass is 10.1. The first-order chi connectivity index (χ1) is 15.4. The van der Waals surface area contributed by atoms with Crippen LogP contribution < -0.4 is 10.1 Å². The molecule has 172 valence electrons. The number of nitrogens with zero attached hydrogens (tertiary/aromatic N) is 1. The van der Waals surface area contributed by atoms with Gasteiger partial charge in [0.2, 0.25) is 6.29 Å². The number of benzene rings is 1. The number of hydrogen-bond donors (Lipinski definition) is 4. The largest absolute Gasteiger partial charge is 0.478 e. The van der Waals surface area contributed by atoms with Crippen LogP contribution in [0.3, 0.4) is 0 Å². The minimum Gasteiger partial charge on any atom is -0.478 e. The molecule has 2 aromatic rings. The van der Waals surface area contributed by atoms with Crippen molar-refractivity contribution in [1.82, 2.24) is 10.3 Å². The first-order valence-corrected chi connectivity index (χ1v) is 10.3. The second-order valence-electron chi connectivity index (χ2n) is 6.94. The molecule has 2 unspecified atom stereocenters. The van der Waals surface area contributed by atoms with Gasteiger partial charge in [-0.15, -0.1) is 0 Å². The van der Waals surface area contributed by atoms with E-state index in [0.29, 0.717) is 36.7 Å². The second-order valence-corrected chi connectivity index (χ2v) is 6.94. The summed E-state index contributed by atoms with van der Waals surface area (Å²) in [6.07, 6.45) is 2.32. The van der Waals surface area contributed by atoms with Crippen LogP contribution in [-0.4, -0.2) is 45.3 Å². The highest BCUT2D eigenvalue weighted by molar-refractivity contribution is 5.89. The normalized spacial score (nSPS) is 15.8. The summed E-state index contributed by atoms with van der Waals surface area (Å²) in [5.74, 6) is -1.80. The van der Waals surface area contributed by atoms with Crippen molar-refractivity contribution >= 4 is 11.9 Å². The summed E-state index contributed by atoms with van der Waals surface area (Å²) in [5.41, 5.74) is 2.35. The molecule has 0 bridgehead atoms. The van der Waals surface area contributed by atoms with E-state index in [1.54, 1.807) is 0 Å². The van der Waals surface area contributed by atoms with Crippen molar-refractivity contribution in [2.75, 3.05) is 13.1 Å². The van der Waals surface area contributed by atoms with E-state index in [-0.39, 0.29) is 0 Å². The smallest absolute Gasteiger partial charge is 0.328 e. The Kier molecular flexibility index (Phi) is 10.3. The Morgan fingerprint density at radius 1 is 1.16 bits per heavy atom. The van der Waals surface area contributed by atoms with Crippen LogP contribution in [0.1, 0.15) is 49.1 Å². The number of aliphatic carboxylic acids is 2. The fourth-order valence-corrected chi connectivity index (χ4v) is 2.77. The molecule has 32 heavy (non-hydrogen) atoms. The molecule has 0 saturated heterocycles. The Morgan fingerprint density at radius 3 is 2.47 bits per heavy atom. The maximum Gasteiger partial charge on any atom is 0.328 e. The fourth-order valence-electron chi connectivity index (χ4n) is 2.77. The number of aliphatic hydroxyl groups excluding tert-OH is 1. The summed E-state index contributed by atoms with van der Waals surface area (Å²) in [4.78, 5) is 23.6. The van der Waals surface area contributed by atoms with Gasteiger partial charge in [-0.2, -0.15) is 0 Å². The number of unbranched alkanes of at least 4 members (excludes halogenated alkanes) is 1. The van der Waals surface area contributed by atoms with Crippen molar-refractivity contribution in [3.8, 4) is 5.75 Å². The lowest BCUT2D eigenvalue weighted by Crippen LogP contribution is -2.24. The van der Waals surface area contributed by atoms with Crippen LogP contribution in [-0.2, 0) is 20.9 Å². The Morgan fingerprint density at radius 2 is 1.84 bits per heavy atom. The van der Waals surface area contributed by atoms with Gasteiger partial charge >= 0.3 is 11.9 Å². The predicted octanol–water partition coefficient (Wildman–Crippen LogP) is 2.82. The van der Waals surface area contributed by atoms with Gasteiger partial charge in [0.25, 0.3) is 0 Å². The van der Waals surface area contributed by atoms with E-state index in [0.717, 1.165) is 30.6 Å². The van der Waals surface area contributed by atoms with E-state index in [1.807, 2.05) is 42.5 Å². The number of carbonyl (C=O) groups is 2. The molecule has 9 nitrogen and oxygen atoms in total. The molecule has 2 atom stereocenters. The lowest BCUT2D eigenvalue weighted by Gasteiger charge is -2.26. The van der Waals surface area contributed by atoms with Crippen molar-refractivity contribution in [2.45, 2.75) is 38.8 Å². The van der Waals surface area contributed by atoms with Gasteiger partial charge < -0.3 is 30.1 Å². The number of carboxylic acid groups (broad SMARTS) is 2. The Labute approximate surface area is 186 Å². The standard InChI is InChI=1S/C19H24N2O3.C4H4O4/c1-2-3-11-20-12-17(22)15-9-10-18-16(21-15)13-23-19(24-18)14-7-5-4-6-8-14;5-3(6)1-2-4(7)8/h4-10,17,19-20,22H,2-3,11-13H2,1H3;1-2H,(H,5,6)(H,7,8). The quantitative estimate of drug-likeness (QED) is 0.340. The van der Waals surface area contributed by atoms with Gasteiger partial charge in [-0.3, -0.25) is 0 Å². The van der Waals surface area contributed by atoms with Crippen molar-refractivity contribution in [3.63, 3.8) is 0 Å². The number of ether oxygens (including phenoxy) is 2. The molecule has 1 aliphatic rings. The Hall–Kier alpha value is -3.27. The van der Waals surface area contributed by atoms with Crippen molar-refractivity contribution in [3.05, 3.63) is 71.6 Å². The molecule has 0 fully saturated rings. The monoisotopic (exact) mass is 444 g/mol. The number of rotatable bonds is 9. The van der Waals surface area contributed by atoms with Crippen LogP contribution in [0.25, 0.3) is 0 Å². The van der Waals surface area contributed by atoms with Gasteiger partial charge in [0.15, 0.2) is 0 Å². The maximum atomic E-state index is 10.2. The number of carboxylic acids is 2. The van der Waals surface area contributed by atoms with Crippen LogP contribution in [0, 0.1) is 0 Å². The molecule has 2 heterocycles. The molecular weight excluding hydrogens is 416 g/mol. The van der Waals surface area contributed by atoms with Gasteiger partial charge in [-0.25, -0.2) is 14.6 Å². The topological polar surface area (TPSA) is 138 Å². The maximum absolute atomic E-state index is 10.2. The minimum atomic E-state index is -1.26. The summed E-state index contributed by atoms with van der Waals surface area (Å²) < 4.78 is 11.6. The van der Waals surface area contributed by atoms with Crippen LogP contribution in [0.5, 0.6) is 5.75 Å². The number of aliphatic hydroxyl groups is 1. The first kappa shape index (κ1) is 25.0. The van der Waals surface area contributed by atoms with Gasteiger partial charge in [0.1, 0.15) is 17.5 Å². The molecule has 0 spiro atoms. The highest BCUT2D eigenvalue weighted by Crippen LogP contribution is 2.32. The average Bonchev–Trinajstić information content (AvgIpc) is 2.80. The molecule has 1 aromatic carbocycles. The molecule has 3 rings (SSSR count). The number of fused-ring (bicyclic) bond motifs is 1. The molecule has 4 N–H and O–H groups in total. The zero-order valence-electron chi connectivity index (χ0n) is 17.8. The average molecular weight is 444 g/mol. The number of hydrogen-bond acceptors (Lipinski definition) is 7. The third-order valence-electron chi connectivity index (χ3n) is 4.39. The van der Waals surface area contributed by atoms with Crippen molar-refractivity contribution in [2.24, 2.45) is 0 Å². The molecule has 0 radical (unpaired) electrons. The molecule has 0 amide bonds. The van der Waals surface area contributed by atoms with Gasteiger partial charge in [0.05, 0.1) is 12.3 Å². The molecule has 9 heteroatoms. The van der Waals surface area contributed by atoms with Gasteiger partial charge in [-0.1, -0.05) is 43.7 Å². The van der Waals surface area contributed by atoms with Gasteiger partial charge in [-0.05, 0) is 25.1 Å².